The van der Waals surface area contributed by atoms with E-state index in [1.807, 2.05) is 4.72 Å². The number of aliphatic carboxylic acids is 1. The summed E-state index contributed by atoms with van der Waals surface area (Å²) in [4.78, 5) is 22.1. The van der Waals surface area contributed by atoms with E-state index in [9.17, 15) is 18.0 Å². The molecular weight excluding hydrogens is 264 g/mol. The van der Waals surface area contributed by atoms with Crippen LogP contribution >= 0.6 is 0 Å². The van der Waals surface area contributed by atoms with E-state index in [0.29, 0.717) is 12.8 Å². The highest BCUT2D eigenvalue weighted by Gasteiger charge is 2.44. The van der Waals surface area contributed by atoms with Gasteiger partial charge in [-0.25, -0.2) is 9.52 Å². The van der Waals surface area contributed by atoms with Crippen LogP contribution in [0.4, 0.5) is 4.79 Å². The van der Waals surface area contributed by atoms with E-state index >= 15 is 0 Å². The second-order valence-electron chi connectivity index (χ2n) is 4.02. The van der Waals surface area contributed by atoms with E-state index in [0.717, 1.165) is 0 Å². The van der Waals surface area contributed by atoms with Crippen molar-refractivity contribution in [3.05, 3.63) is 0 Å². The lowest BCUT2D eigenvalue weighted by Crippen LogP contribution is -2.56. The molecule has 1 rings (SSSR count). The molecule has 0 unspecified atom stereocenters. The number of rotatable bonds is 5. The Balaban J connectivity index is 2.75. The van der Waals surface area contributed by atoms with Gasteiger partial charge >= 0.3 is 22.3 Å². The number of amides is 1. The maximum absolute atomic E-state index is 11.6. The van der Waals surface area contributed by atoms with Crippen molar-refractivity contribution in [2.75, 3.05) is 6.61 Å². The lowest BCUT2D eigenvalue weighted by molar-refractivity contribution is -0.143. The summed E-state index contributed by atoms with van der Waals surface area (Å²) in [6, 6.07) is 0. The molecule has 0 aliphatic heterocycles. The van der Waals surface area contributed by atoms with E-state index in [-0.39, 0.29) is 19.4 Å². The minimum atomic E-state index is -4.25. The first-order chi connectivity index (χ1) is 8.31. The molecule has 0 spiro atoms. The number of ether oxygens (including phenoxy) is 1. The summed E-state index contributed by atoms with van der Waals surface area (Å²) >= 11 is 0. The molecule has 1 aliphatic carbocycles. The van der Waals surface area contributed by atoms with Crippen molar-refractivity contribution in [1.29, 1.82) is 0 Å². The minimum Gasteiger partial charge on any atom is -0.480 e. The number of hydrogen-bond acceptors (Lipinski definition) is 5. The lowest BCUT2D eigenvalue weighted by Gasteiger charge is -2.24. The van der Waals surface area contributed by atoms with Gasteiger partial charge in [0.2, 0.25) is 0 Å². The van der Waals surface area contributed by atoms with Crippen molar-refractivity contribution >= 4 is 22.3 Å². The maximum atomic E-state index is 11.6. The van der Waals surface area contributed by atoms with Crippen LogP contribution in [0.2, 0.25) is 0 Å². The van der Waals surface area contributed by atoms with Gasteiger partial charge in [-0.3, -0.25) is 4.79 Å². The van der Waals surface area contributed by atoms with Crippen LogP contribution in [0.15, 0.2) is 0 Å². The standard InChI is InChI=1S/C9H16N2O6S/c1-2-17-8(14)10-18(15,16)11-9(7(12)13)5-3-4-6-9/h11H,2-6H2,1H3,(H,10,14)(H,12,13). The van der Waals surface area contributed by atoms with Gasteiger partial charge in [-0.2, -0.15) is 13.1 Å². The number of carbonyl (C=O) groups excluding carboxylic acids is 1. The van der Waals surface area contributed by atoms with Gasteiger partial charge in [-0.1, -0.05) is 12.8 Å². The summed E-state index contributed by atoms with van der Waals surface area (Å²) in [5.41, 5.74) is -1.53. The first-order valence-corrected chi connectivity index (χ1v) is 7.01. The van der Waals surface area contributed by atoms with Crippen molar-refractivity contribution in [3.8, 4) is 0 Å². The minimum absolute atomic E-state index is 0.0193. The van der Waals surface area contributed by atoms with Crippen molar-refractivity contribution in [2.24, 2.45) is 0 Å². The second kappa shape index (κ2) is 5.53. The molecule has 0 heterocycles. The maximum Gasteiger partial charge on any atom is 0.421 e. The van der Waals surface area contributed by atoms with Crippen molar-refractivity contribution in [3.63, 3.8) is 0 Å². The van der Waals surface area contributed by atoms with E-state index < -0.39 is 27.8 Å². The Morgan fingerprint density at radius 1 is 1.33 bits per heavy atom. The van der Waals surface area contributed by atoms with Crippen LogP contribution in [0.5, 0.6) is 0 Å². The summed E-state index contributed by atoms with van der Waals surface area (Å²) in [7, 11) is -4.25. The SMILES string of the molecule is CCOC(=O)NS(=O)(=O)NC1(C(=O)O)CCCC1. The third-order valence-electron chi connectivity index (χ3n) is 2.69. The summed E-state index contributed by atoms with van der Waals surface area (Å²) in [6.45, 7) is 1.54. The van der Waals surface area contributed by atoms with Crippen molar-refractivity contribution in [1.82, 2.24) is 9.44 Å². The van der Waals surface area contributed by atoms with Crippen LogP contribution < -0.4 is 9.44 Å². The van der Waals surface area contributed by atoms with Gasteiger partial charge < -0.3 is 9.84 Å². The highest BCUT2D eigenvalue weighted by atomic mass is 32.2. The van der Waals surface area contributed by atoms with Crippen LogP contribution in [0, 0.1) is 0 Å². The zero-order valence-corrected chi connectivity index (χ0v) is 10.7. The molecule has 3 N–H and O–H groups in total. The molecule has 1 fully saturated rings. The molecule has 8 nitrogen and oxygen atoms in total. The summed E-state index contributed by atoms with van der Waals surface area (Å²) in [5.74, 6) is -1.24. The molecule has 104 valence electrons. The van der Waals surface area contributed by atoms with E-state index in [4.69, 9.17) is 5.11 Å². The van der Waals surface area contributed by atoms with Gasteiger partial charge in [0.1, 0.15) is 5.54 Å². The molecule has 0 aromatic heterocycles. The molecular formula is C9H16N2O6S. The van der Waals surface area contributed by atoms with Gasteiger partial charge in [0.15, 0.2) is 0 Å². The average molecular weight is 280 g/mol. The van der Waals surface area contributed by atoms with E-state index in [1.165, 1.54) is 6.92 Å². The normalized spacial score (nSPS) is 18.3. The summed E-state index contributed by atoms with van der Waals surface area (Å²) in [6.07, 6.45) is 0.504. The van der Waals surface area contributed by atoms with Crippen LogP contribution in [-0.2, 0) is 19.7 Å². The Morgan fingerprint density at radius 3 is 2.33 bits per heavy atom. The molecule has 1 aliphatic rings. The Labute approximate surface area is 105 Å². The largest absolute Gasteiger partial charge is 0.480 e. The summed E-state index contributed by atoms with van der Waals surface area (Å²) in [5, 5.41) is 9.09. The number of carbonyl (C=O) groups is 2. The van der Waals surface area contributed by atoms with Gasteiger partial charge in [0.25, 0.3) is 0 Å². The summed E-state index contributed by atoms with van der Waals surface area (Å²) < 4.78 is 31.2. The lowest BCUT2D eigenvalue weighted by atomic mass is 10.0. The fraction of sp³-hybridized carbons (Fsp3) is 0.778. The molecule has 0 aromatic rings. The first-order valence-electron chi connectivity index (χ1n) is 5.53. The number of carboxylic acid groups (broad SMARTS) is 1. The Hall–Kier alpha value is -1.35. The zero-order chi connectivity index (χ0) is 13.8. The molecule has 0 radical (unpaired) electrons. The smallest absolute Gasteiger partial charge is 0.421 e. The third kappa shape index (κ3) is 3.57. The number of nitrogens with one attached hydrogen (secondary N) is 2. The predicted molar refractivity (Wildman–Crippen MR) is 61.0 cm³/mol. The molecule has 0 saturated heterocycles. The molecule has 18 heavy (non-hydrogen) atoms. The average Bonchev–Trinajstić information content (AvgIpc) is 2.65. The van der Waals surface area contributed by atoms with Gasteiger partial charge in [0, 0.05) is 0 Å². The molecule has 0 bridgehead atoms. The van der Waals surface area contributed by atoms with E-state index in [2.05, 4.69) is 4.74 Å². The van der Waals surface area contributed by atoms with Gasteiger partial charge in [-0.05, 0) is 19.8 Å². The van der Waals surface area contributed by atoms with Crippen LogP contribution in [0.25, 0.3) is 0 Å². The van der Waals surface area contributed by atoms with Gasteiger partial charge in [0.05, 0.1) is 6.61 Å². The number of hydrogen-bond donors (Lipinski definition) is 3. The first kappa shape index (κ1) is 14.7. The van der Waals surface area contributed by atoms with Crippen molar-refractivity contribution in [2.45, 2.75) is 38.1 Å². The molecule has 9 heteroatoms. The highest BCUT2D eigenvalue weighted by Crippen LogP contribution is 2.30. The molecule has 0 atom stereocenters. The fourth-order valence-electron chi connectivity index (χ4n) is 1.89. The Bertz CT molecular complexity index is 426. The monoisotopic (exact) mass is 280 g/mol. The third-order valence-corrected chi connectivity index (χ3v) is 3.78. The fourth-order valence-corrected chi connectivity index (χ4v) is 3.03. The molecule has 1 saturated carbocycles. The Morgan fingerprint density at radius 2 is 1.89 bits per heavy atom. The van der Waals surface area contributed by atoms with Crippen LogP contribution in [-0.4, -0.2) is 37.7 Å². The topological polar surface area (TPSA) is 122 Å². The predicted octanol–water partition coefficient (Wildman–Crippen LogP) is -0.0357. The van der Waals surface area contributed by atoms with Gasteiger partial charge in [-0.15, -0.1) is 0 Å². The zero-order valence-electron chi connectivity index (χ0n) is 9.93. The van der Waals surface area contributed by atoms with Crippen molar-refractivity contribution < 1.29 is 27.9 Å². The van der Waals surface area contributed by atoms with Crippen LogP contribution in [0.3, 0.4) is 0 Å². The molecule has 0 aromatic carbocycles. The quantitative estimate of drug-likeness (QED) is 0.649. The highest BCUT2D eigenvalue weighted by molar-refractivity contribution is 7.88. The second-order valence-corrected chi connectivity index (χ2v) is 5.44. The van der Waals surface area contributed by atoms with Crippen LogP contribution in [0.1, 0.15) is 32.6 Å². The van der Waals surface area contributed by atoms with E-state index in [1.54, 1.807) is 4.72 Å². The number of carboxylic acids is 1. The molecule has 1 amide bonds. The Kier molecular flexibility index (Phi) is 4.52.